The number of esters is 1. The number of amides is 4. The molecule has 166 valence electrons. The molecular weight excluding hydrogens is 414 g/mol. The molecular formula is C23H23N3O6. The van der Waals surface area contributed by atoms with Crippen LogP contribution in [-0.4, -0.2) is 47.6 Å². The quantitative estimate of drug-likeness (QED) is 0.267. The van der Waals surface area contributed by atoms with Gasteiger partial charge in [0.25, 0.3) is 23.6 Å². The van der Waals surface area contributed by atoms with E-state index in [0.29, 0.717) is 36.0 Å². The molecule has 0 saturated carbocycles. The molecule has 0 saturated heterocycles. The topological polar surface area (TPSA) is 122 Å². The number of imide groups is 1. The SMILES string of the molecule is O=C(COC(=O)CCCCCN1C(=O)c2ccccc2C1=O)NNC(=O)c1ccccc1. The normalized spacial score (nSPS) is 12.3. The van der Waals surface area contributed by atoms with E-state index in [1.54, 1.807) is 54.6 Å². The number of fused-ring (bicyclic) bond motifs is 1. The van der Waals surface area contributed by atoms with Crippen molar-refractivity contribution in [3.8, 4) is 0 Å². The largest absolute Gasteiger partial charge is 0.455 e. The lowest BCUT2D eigenvalue weighted by Crippen LogP contribution is -2.43. The summed E-state index contributed by atoms with van der Waals surface area (Å²) in [6, 6.07) is 15.0. The second-order valence-electron chi connectivity index (χ2n) is 7.15. The molecule has 0 fully saturated rings. The molecule has 32 heavy (non-hydrogen) atoms. The summed E-state index contributed by atoms with van der Waals surface area (Å²) in [4.78, 5) is 61.0. The van der Waals surface area contributed by atoms with Crippen LogP contribution in [0.25, 0.3) is 0 Å². The molecule has 0 aliphatic carbocycles. The molecule has 2 N–H and O–H groups in total. The highest BCUT2D eigenvalue weighted by atomic mass is 16.5. The minimum atomic E-state index is -0.659. The number of carbonyl (C=O) groups is 5. The lowest BCUT2D eigenvalue weighted by Gasteiger charge is -2.13. The van der Waals surface area contributed by atoms with Gasteiger partial charge in [0.2, 0.25) is 0 Å². The summed E-state index contributed by atoms with van der Waals surface area (Å²) in [5, 5.41) is 0. The zero-order chi connectivity index (χ0) is 22.9. The van der Waals surface area contributed by atoms with Gasteiger partial charge in [-0.1, -0.05) is 36.8 Å². The van der Waals surface area contributed by atoms with Gasteiger partial charge in [-0.2, -0.15) is 0 Å². The van der Waals surface area contributed by atoms with Crippen LogP contribution in [0.1, 0.15) is 56.8 Å². The van der Waals surface area contributed by atoms with Gasteiger partial charge >= 0.3 is 5.97 Å². The predicted molar refractivity (Wildman–Crippen MR) is 113 cm³/mol. The van der Waals surface area contributed by atoms with Crippen molar-refractivity contribution in [2.45, 2.75) is 25.7 Å². The maximum Gasteiger partial charge on any atom is 0.306 e. The zero-order valence-corrected chi connectivity index (χ0v) is 17.3. The third-order valence-electron chi connectivity index (χ3n) is 4.86. The Balaban J connectivity index is 1.27. The molecule has 4 amide bonds. The van der Waals surface area contributed by atoms with Crippen molar-refractivity contribution in [3.63, 3.8) is 0 Å². The van der Waals surface area contributed by atoms with Crippen LogP contribution in [0.3, 0.4) is 0 Å². The molecule has 2 aromatic carbocycles. The van der Waals surface area contributed by atoms with Crippen LogP contribution in [0.15, 0.2) is 54.6 Å². The fourth-order valence-corrected chi connectivity index (χ4v) is 3.20. The first kappa shape index (κ1) is 22.7. The molecule has 2 aromatic rings. The molecule has 1 aliphatic heterocycles. The minimum Gasteiger partial charge on any atom is -0.455 e. The van der Waals surface area contributed by atoms with Crippen LogP contribution in [-0.2, 0) is 14.3 Å². The first-order valence-electron chi connectivity index (χ1n) is 10.2. The smallest absolute Gasteiger partial charge is 0.306 e. The summed E-state index contributed by atoms with van der Waals surface area (Å²) < 4.78 is 4.88. The minimum absolute atomic E-state index is 0.103. The standard InChI is InChI=1S/C23H23N3O6/c27-19(24-25-21(29)16-9-3-1-4-10-16)15-32-20(28)13-5-2-8-14-26-22(30)17-11-6-7-12-18(17)23(26)31/h1,3-4,6-7,9-12H,2,5,8,13-15H2,(H,24,27)(H,25,29). The molecule has 0 bridgehead atoms. The number of hydrogen-bond acceptors (Lipinski definition) is 6. The molecule has 0 spiro atoms. The predicted octanol–water partition coefficient (Wildman–Crippen LogP) is 1.85. The van der Waals surface area contributed by atoms with Crippen LogP contribution >= 0.6 is 0 Å². The average molecular weight is 437 g/mol. The van der Waals surface area contributed by atoms with Crippen LogP contribution in [0.4, 0.5) is 0 Å². The van der Waals surface area contributed by atoms with Crippen molar-refractivity contribution in [3.05, 3.63) is 71.3 Å². The second kappa shape index (κ2) is 10.9. The highest BCUT2D eigenvalue weighted by Gasteiger charge is 2.34. The van der Waals surface area contributed by atoms with Crippen LogP contribution in [0.2, 0.25) is 0 Å². The van der Waals surface area contributed by atoms with E-state index >= 15 is 0 Å². The Morgan fingerprint density at radius 2 is 1.41 bits per heavy atom. The van der Waals surface area contributed by atoms with E-state index in [4.69, 9.17) is 4.74 Å². The molecule has 9 nitrogen and oxygen atoms in total. The Kier molecular flexibility index (Phi) is 7.69. The van der Waals surface area contributed by atoms with Gasteiger partial charge in [-0.15, -0.1) is 0 Å². The van der Waals surface area contributed by atoms with E-state index in [2.05, 4.69) is 10.9 Å². The Bertz CT molecular complexity index is 986. The summed E-state index contributed by atoms with van der Waals surface area (Å²) in [6.45, 7) is -0.228. The maximum absolute atomic E-state index is 12.3. The number of nitrogens with zero attached hydrogens (tertiary/aromatic N) is 1. The number of ether oxygens (including phenoxy) is 1. The molecule has 1 heterocycles. The van der Waals surface area contributed by atoms with Gasteiger partial charge < -0.3 is 4.74 Å². The zero-order valence-electron chi connectivity index (χ0n) is 17.3. The van der Waals surface area contributed by atoms with Crippen molar-refractivity contribution < 1.29 is 28.7 Å². The Hall–Kier alpha value is -4.01. The summed E-state index contributed by atoms with van der Waals surface area (Å²) in [5.41, 5.74) is 5.62. The molecule has 1 aliphatic rings. The Labute approximate surface area is 184 Å². The third-order valence-corrected chi connectivity index (χ3v) is 4.86. The van der Waals surface area contributed by atoms with Crippen LogP contribution < -0.4 is 10.9 Å². The lowest BCUT2D eigenvalue weighted by atomic mass is 10.1. The summed E-state index contributed by atoms with van der Waals surface area (Å²) in [7, 11) is 0. The summed E-state index contributed by atoms with van der Waals surface area (Å²) in [6.07, 6.45) is 1.77. The van der Waals surface area contributed by atoms with Crippen molar-refractivity contribution in [2.24, 2.45) is 0 Å². The van der Waals surface area contributed by atoms with Gasteiger partial charge in [-0.05, 0) is 37.1 Å². The molecule has 0 radical (unpaired) electrons. The number of benzene rings is 2. The Morgan fingerprint density at radius 1 is 0.781 bits per heavy atom. The van der Waals surface area contributed by atoms with Gasteiger partial charge in [0.05, 0.1) is 11.1 Å². The van der Waals surface area contributed by atoms with Gasteiger partial charge in [-0.25, -0.2) is 0 Å². The average Bonchev–Trinajstić information content (AvgIpc) is 3.06. The van der Waals surface area contributed by atoms with E-state index in [1.165, 1.54) is 4.90 Å². The summed E-state index contributed by atoms with van der Waals surface area (Å²) in [5.74, 6) is -2.28. The first-order chi connectivity index (χ1) is 15.5. The number of nitrogens with one attached hydrogen (secondary N) is 2. The van der Waals surface area contributed by atoms with Gasteiger partial charge in [-0.3, -0.25) is 39.7 Å². The number of hydrazine groups is 1. The molecule has 0 aromatic heterocycles. The van der Waals surface area contributed by atoms with E-state index in [-0.39, 0.29) is 24.8 Å². The summed E-state index contributed by atoms with van der Waals surface area (Å²) >= 11 is 0. The van der Waals surface area contributed by atoms with Crippen molar-refractivity contribution in [1.29, 1.82) is 0 Å². The van der Waals surface area contributed by atoms with Crippen molar-refractivity contribution in [1.82, 2.24) is 15.8 Å². The Morgan fingerprint density at radius 3 is 2.06 bits per heavy atom. The van der Waals surface area contributed by atoms with Gasteiger partial charge in [0.1, 0.15) is 0 Å². The fourth-order valence-electron chi connectivity index (χ4n) is 3.20. The van der Waals surface area contributed by atoms with E-state index in [0.717, 1.165) is 0 Å². The molecule has 0 unspecified atom stereocenters. The van der Waals surface area contributed by atoms with E-state index in [9.17, 15) is 24.0 Å². The number of unbranched alkanes of at least 4 members (excludes halogenated alkanes) is 2. The highest BCUT2D eigenvalue weighted by Crippen LogP contribution is 2.22. The van der Waals surface area contributed by atoms with Gasteiger partial charge in [0.15, 0.2) is 6.61 Å². The maximum atomic E-state index is 12.3. The molecule has 3 rings (SSSR count). The second-order valence-corrected chi connectivity index (χ2v) is 7.15. The van der Waals surface area contributed by atoms with Crippen LogP contribution in [0, 0.1) is 0 Å². The fraction of sp³-hybridized carbons (Fsp3) is 0.261. The number of hydrogen-bond donors (Lipinski definition) is 2. The number of carbonyl (C=O) groups excluding carboxylic acids is 5. The van der Waals surface area contributed by atoms with Crippen molar-refractivity contribution in [2.75, 3.05) is 13.2 Å². The molecule has 0 atom stereocenters. The van der Waals surface area contributed by atoms with Crippen LogP contribution in [0.5, 0.6) is 0 Å². The molecule has 9 heteroatoms. The lowest BCUT2D eigenvalue weighted by molar-refractivity contribution is -0.148. The monoisotopic (exact) mass is 437 g/mol. The van der Waals surface area contributed by atoms with Crippen molar-refractivity contribution >= 4 is 29.6 Å². The highest BCUT2D eigenvalue weighted by molar-refractivity contribution is 6.21. The van der Waals surface area contributed by atoms with E-state index < -0.39 is 24.4 Å². The first-order valence-corrected chi connectivity index (χ1v) is 10.2. The number of rotatable bonds is 9. The van der Waals surface area contributed by atoms with E-state index in [1.807, 2.05) is 0 Å². The third kappa shape index (κ3) is 5.78. The van der Waals surface area contributed by atoms with Gasteiger partial charge in [0, 0.05) is 18.5 Å².